The summed E-state index contributed by atoms with van der Waals surface area (Å²) in [6, 6.07) is 3.80. The number of rotatable bonds is 6. The molecule has 0 unspecified atom stereocenters. The molecule has 2 aliphatic carbocycles. The molecular weight excluding hydrogens is 714 g/mol. The Balaban J connectivity index is 1.19. The minimum atomic E-state index is -1.27. The van der Waals surface area contributed by atoms with Crippen molar-refractivity contribution in [2.45, 2.75) is 139 Å². The van der Waals surface area contributed by atoms with Crippen LogP contribution in [0, 0.1) is 12.8 Å². The number of nitrogens with zero attached hydrogens (tertiary/aromatic N) is 2. The van der Waals surface area contributed by atoms with Crippen LogP contribution in [-0.4, -0.2) is 74.8 Å². The molecule has 2 aromatic rings. The van der Waals surface area contributed by atoms with Crippen molar-refractivity contribution in [3.63, 3.8) is 0 Å². The Bertz CT molecular complexity index is 1800. The number of aryl methyl sites for hydroxylation is 2. The predicted octanol–water partition coefficient (Wildman–Crippen LogP) is 6.86. The van der Waals surface area contributed by atoms with Gasteiger partial charge in [0.05, 0.1) is 24.4 Å². The number of alkyl carbamates (subject to hydrolysis) is 1. The molecule has 4 amide bonds. The Morgan fingerprint density at radius 1 is 1.09 bits per heavy atom. The molecule has 11 nitrogen and oxygen atoms in total. The molecule has 4 atom stereocenters. The number of ether oxygens (including phenoxy) is 2. The molecule has 1 aromatic heterocycles. The first-order chi connectivity index (χ1) is 25.4. The number of allylic oxidation sites excluding steroid dienone is 1. The Morgan fingerprint density at radius 2 is 1.91 bits per heavy atom. The summed E-state index contributed by atoms with van der Waals surface area (Å²) in [6.45, 7) is 6.24. The number of amides is 4. The molecule has 1 aromatic carbocycles. The van der Waals surface area contributed by atoms with Gasteiger partial charge in [-0.25, -0.2) is 9.78 Å². The maximum absolute atomic E-state index is 14.7. The van der Waals surface area contributed by atoms with E-state index in [1.54, 1.807) is 11.8 Å². The number of fused-ring (bicyclic) bond motifs is 4. The highest BCUT2D eigenvalue weighted by Crippen LogP contribution is 2.47. The maximum Gasteiger partial charge on any atom is 0.407 e. The van der Waals surface area contributed by atoms with Crippen LogP contribution in [0.4, 0.5) is 4.79 Å². The van der Waals surface area contributed by atoms with Gasteiger partial charge in [0.1, 0.15) is 29.0 Å². The fourth-order valence-corrected chi connectivity index (χ4v) is 8.97. The molecule has 1 saturated heterocycles. The predicted molar refractivity (Wildman–Crippen MR) is 206 cm³/mol. The van der Waals surface area contributed by atoms with Crippen LogP contribution in [-0.2, 0) is 25.5 Å². The van der Waals surface area contributed by atoms with Crippen LogP contribution in [0.25, 0.3) is 10.9 Å². The summed E-state index contributed by atoms with van der Waals surface area (Å²) in [5.41, 5.74) is 0.405. The standard InChI is InChI=1S/C40H52ClN5O6S/c1-25-33-28(29-21-27(41)14-15-30(29)42-25)16-18-40(52-33)22-32-34(47)44-39(3,36(49)45-53-38(2)19-20-38)17-9-7-5-4-6-8-13-31(35(48)46(32)24-40)43-37(50)51-23-26-11-10-12-26/h7,9,14-15,21,26,31-32H,4-6,8,10-13,16-20,22-24H2,1-3H3,(H,43,50)(H,44,47)(H,45,49)/b9-7-/t31-,32-,39+,40+/m0/s1. The van der Waals surface area contributed by atoms with Crippen molar-refractivity contribution < 1.29 is 28.7 Å². The molecule has 3 aliphatic heterocycles. The third kappa shape index (κ3) is 8.43. The number of hydrogen-bond donors (Lipinski definition) is 3. The summed E-state index contributed by atoms with van der Waals surface area (Å²) in [7, 11) is 0. The van der Waals surface area contributed by atoms with E-state index in [1.807, 2.05) is 31.2 Å². The van der Waals surface area contributed by atoms with Crippen LogP contribution in [0.3, 0.4) is 0 Å². The van der Waals surface area contributed by atoms with Crippen LogP contribution in [0.5, 0.6) is 5.75 Å². The molecule has 0 bridgehead atoms. The van der Waals surface area contributed by atoms with E-state index in [9.17, 15) is 19.2 Å². The van der Waals surface area contributed by atoms with E-state index in [4.69, 9.17) is 26.1 Å². The van der Waals surface area contributed by atoms with Gasteiger partial charge < -0.3 is 25.0 Å². The smallest absolute Gasteiger partial charge is 0.407 e. The highest BCUT2D eigenvalue weighted by molar-refractivity contribution is 7.99. The monoisotopic (exact) mass is 765 g/mol. The summed E-state index contributed by atoms with van der Waals surface area (Å²) >= 11 is 7.81. The zero-order valence-corrected chi connectivity index (χ0v) is 32.6. The van der Waals surface area contributed by atoms with Crippen LogP contribution in [0.2, 0.25) is 5.02 Å². The van der Waals surface area contributed by atoms with E-state index >= 15 is 0 Å². The fraction of sp³-hybridized carbons (Fsp3) is 0.625. The lowest BCUT2D eigenvalue weighted by molar-refractivity contribution is -0.142. The van der Waals surface area contributed by atoms with E-state index in [-0.39, 0.29) is 29.5 Å². The fourth-order valence-electron chi connectivity index (χ4n) is 7.93. The first kappa shape index (κ1) is 37.8. The number of benzene rings is 1. The van der Waals surface area contributed by atoms with E-state index < -0.39 is 35.2 Å². The second-order valence-electron chi connectivity index (χ2n) is 16.3. The van der Waals surface area contributed by atoms with Crippen molar-refractivity contribution in [1.29, 1.82) is 0 Å². The molecule has 5 aliphatic rings. The molecule has 286 valence electrons. The Morgan fingerprint density at radius 3 is 2.66 bits per heavy atom. The molecule has 13 heteroatoms. The Kier molecular flexibility index (Phi) is 10.9. The molecule has 2 saturated carbocycles. The van der Waals surface area contributed by atoms with Crippen LogP contribution in [0.1, 0.15) is 109 Å². The van der Waals surface area contributed by atoms with Gasteiger partial charge in [-0.1, -0.05) is 43.0 Å². The van der Waals surface area contributed by atoms with Gasteiger partial charge in [-0.3, -0.25) is 19.1 Å². The first-order valence-electron chi connectivity index (χ1n) is 19.3. The zero-order chi connectivity index (χ0) is 37.4. The minimum absolute atomic E-state index is 0.00597. The van der Waals surface area contributed by atoms with Gasteiger partial charge in [0.15, 0.2) is 0 Å². The van der Waals surface area contributed by atoms with Gasteiger partial charge in [0.25, 0.3) is 5.91 Å². The van der Waals surface area contributed by atoms with Crippen molar-refractivity contribution in [3.8, 4) is 5.75 Å². The van der Waals surface area contributed by atoms with Gasteiger partial charge in [0, 0.05) is 27.1 Å². The second-order valence-corrected chi connectivity index (χ2v) is 18.2. The number of hydrogen-bond acceptors (Lipinski definition) is 8. The number of pyridine rings is 1. The normalized spacial score (nSPS) is 29.4. The summed E-state index contributed by atoms with van der Waals surface area (Å²) in [5, 5.41) is 7.50. The second kappa shape index (κ2) is 15.3. The topological polar surface area (TPSA) is 139 Å². The SMILES string of the molecule is Cc1nc2ccc(Cl)cc2c2c1O[C@]1(CC2)C[C@H]2C(=O)N[C@@](C)(C(=O)NSC3(C)CC3)C/C=C\CCCCC[C@H](NC(=O)OCC3CCC3)C(=O)N2C1. The molecule has 7 rings (SSSR count). The zero-order valence-electron chi connectivity index (χ0n) is 31.1. The average Bonchev–Trinajstić information content (AvgIpc) is 3.73. The number of halogens is 1. The number of aromatic nitrogens is 1. The summed E-state index contributed by atoms with van der Waals surface area (Å²) < 4.78 is 15.5. The van der Waals surface area contributed by atoms with E-state index in [0.717, 1.165) is 73.5 Å². The highest BCUT2D eigenvalue weighted by Gasteiger charge is 2.54. The number of nitrogens with one attached hydrogen (secondary N) is 3. The van der Waals surface area contributed by atoms with Crippen LogP contribution < -0.4 is 20.1 Å². The van der Waals surface area contributed by atoms with Gasteiger partial charge in [-0.15, -0.1) is 0 Å². The lowest BCUT2D eigenvalue weighted by Gasteiger charge is -2.36. The average molecular weight is 766 g/mol. The van der Waals surface area contributed by atoms with E-state index in [0.29, 0.717) is 55.4 Å². The third-order valence-electron chi connectivity index (χ3n) is 11.9. The molecule has 0 radical (unpaired) electrons. The van der Waals surface area contributed by atoms with Crippen LogP contribution >= 0.6 is 23.5 Å². The highest BCUT2D eigenvalue weighted by atomic mass is 35.5. The van der Waals surface area contributed by atoms with Crippen LogP contribution in [0.15, 0.2) is 30.4 Å². The van der Waals surface area contributed by atoms with Crippen molar-refractivity contribution in [2.75, 3.05) is 13.2 Å². The first-order valence-corrected chi connectivity index (χ1v) is 20.5. The summed E-state index contributed by atoms with van der Waals surface area (Å²) in [6.07, 6.45) is 14.0. The Hall–Kier alpha value is -3.51. The quantitative estimate of drug-likeness (QED) is 0.214. The minimum Gasteiger partial charge on any atom is -0.483 e. The summed E-state index contributed by atoms with van der Waals surface area (Å²) in [4.78, 5) is 62.6. The maximum atomic E-state index is 14.7. The van der Waals surface area contributed by atoms with Crippen molar-refractivity contribution in [2.24, 2.45) is 5.92 Å². The van der Waals surface area contributed by atoms with Gasteiger partial charge in [0.2, 0.25) is 11.8 Å². The largest absolute Gasteiger partial charge is 0.483 e. The molecular formula is C40H52ClN5O6S. The van der Waals surface area contributed by atoms with Crippen molar-refractivity contribution >= 4 is 58.3 Å². The lowest BCUT2D eigenvalue weighted by atomic mass is 9.86. The number of carbonyl (C=O) groups is 4. The van der Waals surface area contributed by atoms with E-state index in [2.05, 4.69) is 28.4 Å². The van der Waals surface area contributed by atoms with E-state index in [1.165, 1.54) is 11.9 Å². The molecule has 3 fully saturated rings. The van der Waals surface area contributed by atoms with Crippen molar-refractivity contribution in [3.05, 3.63) is 46.6 Å². The lowest BCUT2D eigenvalue weighted by Crippen LogP contribution is -2.60. The third-order valence-corrected chi connectivity index (χ3v) is 13.3. The molecule has 3 N–H and O–H groups in total. The number of carbonyl (C=O) groups excluding carboxylic acids is 4. The van der Waals surface area contributed by atoms with Gasteiger partial charge in [-0.05, 0) is 121 Å². The molecule has 53 heavy (non-hydrogen) atoms. The molecule has 4 heterocycles. The van der Waals surface area contributed by atoms with Gasteiger partial charge in [-0.2, -0.15) is 0 Å². The Labute approximate surface area is 321 Å². The summed E-state index contributed by atoms with van der Waals surface area (Å²) in [5.74, 6) is -0.0604. The van der Waals surface area contributed by atoms with Gasteiger partial charge >= 0.3 is 6.09 Å². The van der Waals surface area contributed by atoms with Crippen molar-refractivity contribution in [1.82, 2.24) is 25.2 Å². The molecule has 1 spiro atoms.